The highest BCUT2D eigenvalue weighted by Crippen LogP contribution is 2.41. The van der Waals surface area contributed by atoms with Crippen molar-refractivity contribution >= 4 is 11.7 Å². The minimum absolute atomic E-state index is 0.171. The fourth-order valence-electron chi connectivity index (χ4n) is 4.73. The van der Waals surface area contributed by atoms with Gasteiger partial charge in [0, 0.05) is 42.1 Å². The van der Waals surface area contributed by atoms with Crippen LogP contribution in [-0.4, -0.2) is 28.4 Å². The van der Waals surface area contributed by atoms with Crippen molar-refractivity contribution in [2.24, 2.45) is 5.92 Å². The molecule has 2 aliphatic carbocycles. The molecular formula is C24H26N4O2. The van der Waals surface area contributed by atoms with Crippen molar-refractivity contribution in [3.05, 3.63) is 41.1 Å². The summed E-state index contributed by atoms with van der Waals surface area (Å²) in [6.45, 7) is 1.13. The second-order valence-electron chi connectivity index (χ2n) is 8.59. The highest BCUT2D eigenvalue weighted by atomic mass is 16.5. The minimum atomic E-state index is 0.171. The van der Waals surface area contributed by atoms with E-state index in [9.17, 15) is 10.1 Å². The molecule has 2 heterocycles. The number of aromatic nitrogens is 1. The monoisotopic (exact) mass is 402 g/mol. The zero-order chi connectivity index (χ0) is 20.7. The standard InChI is InChI=1S/C24H26N4O2/c25-13-18-22(17-7-3-4-8-21(17)30-16-5-1-2-6-16)19-14-28(24(29)15-9-10-15)12-11-20(19)27-23(18)26/h3-4,7-8,15-16H,1-2,5-6,9-12,14H2,(H2,26,27). The van der Waals surface area contributed by atoms with Gasteiger partial charge >= 0.3 is 0 Å². The van der Waals surface area contributed by atoms with Gasteiger partial charge in [-0.3, -0.25) is 4.79 Å². The molecule has 2 N–H and O–H groups in total. The highest BCUT2D eigenvalue weighted by molar-refractivity contribution is 5.85. The number of nitrogens with two attached hydrogens (primary N) is 1. The van der Waals surface area contributed by atoms with Crippen molar-refractivity contribution < 1.29 is 9.53 Å². The van der Waals surface area contributed by atoms with Gasteiger partial charge in [-0.1, -0.05) is 18.2 Å². The van der Waals surface area contributed by atoms with Crippen LogP contribution in [0.25, 0.3) is 11.1 Å². The third-order valence-corrected chi connectivity index (χ3v) is 6.48. The van der Waals surface area contributed by atoms with Crippen LogP contribution in [0.15, 0.2) is 24.3 Å². The van der Waals surface area contributed by atoms with Gasteiger partial charge in [0.2, 0.25) is 5.91 Å². The zero-order valence-corrected chi connectivity index (χ0v) is 17.1. The van der Waals surface area contributed by atoms with E-state index in [1.165, 1.54) is 12.8 Å². The number of carbonyl (C=O) groups excluding carboxylic acids is 1. The number of anilines is 1. The number of ether oxygens (including phenoxy) is 1. The van der Waals surface area contributed by atoms with E-state index in [0.717, 1.165) is 53.8 Å². The Morgan fingerprint density at radius 1 is 1.20 bits per heavy atom. The van der Waals surface area contributed by atoms with Gasteiger partial charge in [-0.15, -0.1) is 0 Å². The molecule has 0 atom stereocenters. The van der Waals surface area contributed by atoms with Crippen LogP contribution in [0.5, 0.6) is 5.75 Å². The van der Waals surface area contributed by atoms with Gasteiger partial charge in [0.1, 0.15) is 23.2 Å². The van der Waals surface area contributed by atoms with Crippen LogP contribution in [-0.2, 0) is 17.8 Å². The summed E-state index contributed by atoms with van der Waals surface area (Å²) >= 11 is 0. The van der Waals surface area contributed by atoms with Crippen LogP contribution in [0.3, 0.4) is 0 Å². The summed E-state index contributed by atoms with van der Waals surface area (Å²) in [6, 6.07) is 10.1. The number of hydrogen-bond donors (Lipinski definition) is 1. The summed E-state index contributed by atoms with van der Waals surface area (Å²) in [5.74, 6) is 1.42. The first-order valence-corrected chi connectivity index (χ1v) is 10.9. The van der Waals surface area contributed by atoms with Gasteiger partial charge in [0.05, 0.1) is 11.8 Å². The van der Waals surface area contributed by atoms with E-state index in [2.05, 4.69) is 11.1 Å². The Kier molecular flexibility index (Phi) is 4.82. The zero-order valence-electron chi connectivity index (χ0n) is 17.1. The van der Waals surface area contributed by atoms with E-state index < -0.39 is 0 Å². The molecule has 30 heavy (non-hydrogen) atoms. The molecular weight excluding hydrogens is 376 g/mol. The number of rotatable bonds is 4. The molecule has 0 spiro atoms. The van der Waals surface area contributed by atoms with Crippen molar-refractivity contribution in [3.63, 3.8) is 0 Å². The SMILES string of the molecule is N#Cc1c(N)nc2c(c1-c1ccccc1OC1CCCC1)CN(C(=O)C1CC1)CC2. The molecule has 1 aromatic carbocycles. The van der Waals surface area contributed by atoms with Gasteiger partial charge in [0.15, 0.2) is 0 Å². The molecule has 6 heteroatoms. The Bertz CT molecular complexity index is 1030. The average Bonchev–Trinajstić information content (AvgIpc) is 3.49. The van der Waals surface area contributed by atoms with Crippen LogP contribution in [0.2, 0.25) is 0 Å². The maximum absolute atomic E-state index is 12.7. The van der Waals surface area contributed by atoms with Crippen molar-refractivity contribution in [2.75, 3.05) is 12.3 Å². The number of nitrogen functional groups attached to an aromatic ring is 1. The number of nitrogens with zero attached hydrogens (tertiary/aromatic N) is 3. The molecule has 0 saturated heterocycles. The maximum Gasteiger partial charge on any atom is 0.225 e. The van der Waals surface area contributed by atoms with Crippen LogP contribution >= 0.6 is 0 Å². The summed E-state index contributed by atoms with van der Waals surface area (Å²) in [7, 11) is 0. The van der Waals surface area contributed by atoms with Crippen molar-refractivity contribution in [1.82, 2.24) is 9.88 Å². The Hall–Kier alpha value is -3.07. The maximum atomic E-state index is 12.7. The lowest BCUT2D eigenvalue weighted by molar-refractivity contribution is -0.133. The first-order valence-electron chi connectivity index (χ1n) is 10.9. The molecule has 2 fully saturated rings. The third-order valence-electron chi connectivity index (χ3n) is 6.48. The number of nitriles is 1. The van der Waals surface area contributed by atoms with Gasteiger partial charge < -0.3 is 15.4 Å². The second kappa shape index (κ2) is 7.64. The first kappa shape index (κ1) is 18.9. The van der Waals surface area contributed by atoms with Gasteiger partial charge in [-0.05, 0) is 44.6 Å². The Balaban J connectivity index is 1.61. The van der Waals surface area contributed by atoms with E-state index in [1.807, 2.05) is 29.2 Å². The molecule has 1 aromatic heterocycles. The molecule has 2 aromatic rings. The van der Waals surface area contributed by atoms with Gasteiger partial charge in [-0.2, -0.15) is 5.26 Å². The summed E-state index contributed by atoms with van der Waals surface area (Å²) in [6.07, 6.45) is 7.31. The molecule has 5 rings (SSSR count). The predicted molar refractivity (Wildman–Crippen MR) is 114 cm³/mol. The van der Waals surface area contributed by atoms with Crippen LogP contribution < -0.4 is 10.5 Å². The molecule has 154 valence electrons. The van der Waals surface area contributed by atoms with Crippen molar-refractivity contribution in [1.29, 1.82) is 5.26 Å². The normalized spacial score (nSPS) is 18.7. The van der Waals surface area contributed by atoms with Crippen molar-refractivity contribution in [2.45, 2.75) is 57.6 Å². The Morgan fingerprint density at radius 3 is 2.70 bits per heavy atom. The number of fused-ring (bicyclic) bond motifs is 1. The molecule has 0 radical (unpaired) electrons. The lowest BCUT2D eigenvalue weighted by atomic mass is 9.90. The van der Waals surface area contributed by atoms with E-state index >= 15 is 0 Å². The van der Waals surface area contributed by atoms with Gasteiger partial charge in [0.25, 0.3) is 0 Å². The molecule has 0 bridgehead atoms. The summed E-state index contributed by atoms with van der Waals surface area (Å²) in [4.78, 5) is 19.2. The van der Waals surface area contributed by atoms with Crippen molar-refractivity contribution in [3.8, 4) is 22.9 Å². The molecule has 1 aliphatic heterocycles. The topological polar surface area (TPSA) is 92.2 Å². The first-order chi connectivity index (χ1) is 14.7. The average molecular weight is 402 g/mol. The number of benzene rings is 1. The second-order valence-corrected chi connectivity index (χ2v) is 8.59. The van der Waals surface area contributed by atoms with E-state index in [4.69, 9.17) is 10.5 Å². The fraction of sp³-hybridized carbons (Fsp3) is 0.458. The third kappa shape index (κ3) is 3.39. The lowest BCUT2D eigenvalue weighted by Gasteiger charge is -2.31. The summed E-state index contributed by atoms with van der Waals surface area (Å²) in [5.41, 5.74) is 10.0. The number of amides is 1. The molecule has 3 aliphatic rings. The minimum Gasteiger partial charge on any atom is -0.490 e. The molecule has 2 saturated carbocycles. The smallest absolute Gasteiger partial charge is 0.225 e. The quantitative estimate of drug-likeness (QED) is 0.839. The molecule has 1 amide bonds. The fourth-order valence-corrected chi connectivity index (χ4v) is 4.73. The largest absolute Gasteiger partial charge is 0.490 e. The van der Waals surface area contributed by atoms with E-state index in [1.54, 1.807) is 0 Å². The summed E-state index contributed by atoms with van der Waals surface area (Å²) in [5, 5.41) is 9.92. The van der Waals surface area contributed by atoms with E-state index in [-0.39, 0.29) is 23.7 Å². The Labute approximate surface area is 176 Å². The van der Waals surface area contributed by atoms with Crippen LogP contribution in [0, 0.1) is 17.2 Å². The highest BCUT2D eigenvalue weighted by Gasteiger charge is 2.36. The summed E-state index contributed by atoms with van der Waals surface area (Å²) < 4.78 is 6.36. The molecule has 0 unspecified atom stereocenters. The van der Waals surface area contributed by atoms with Crippen LogP contribution in [0.1, 0.15) is 55.3 Å². The number of para-hydroxylation sites is 1. The molecule has 6 nitrogen and oxygen atoms in total. The number of pyridine rings is 1. The Morgan fingerprint density at radius 2 is 1.97 bits per heavy atom. The predicted octanol–water partition coefficient (Wildman–Crippen LogP) is 3.82. The number of hydrogen-bond acceptors (Lipinski definition) is 5. The van der Waals surface area contributed by atoms with Gasteiger partial charge in [-0.25, -0.2) is 4.98 Å². The number of carbonyl (C=O) groups is 1. The van der Waals surface area contributed by atoms with E-state index in [0.29, 0.717) is 25.1 Å². The van der Waals surface area contributed by atoms with Crippen LogP contribution in [0.4, 0.5) is 5.82 Å². The lowest BCUT2D eigenvalue weighted by Crippen LogP contribution is -2.37.